The van der Waals surface area contributed by atoms with Crippen LogP contribution in [0.5, 0.6) is 0 Å². The molecule has 0 aromatic heterocycles. The maximum Gasteiger partial charge on any atom is 0.394 e. The summed E-state index contributed by atoms with van der Waals surface area (Å²) in [5.41, 5.74) is 71.3. The first-order valence-electron chi connectivity index (χ1n) is 29.2. The van der Waals surface area contributed by atoms with Crippen LogP contribution < -0.4 is 68.8 Å². The van der Waals surface area contributed by atoms with Gasteiger partial charge in [0.05, 0.1) is 49.6 Å². The molecule has 0 bridgehead atoms. The SMILES string of the molecule is NC[C@@H]1O[C@H](O[C@H]2[C@@H](O)[C@H](O[C@@H]3[C@@H](O)[C@H](N)C[C@H](N)[C@H]3O[C@H]3O[C@H](CN)[C@@H](O)[C@H](O)[C@H]3N)O[C@@H]2CO)[C@H](N)[C@@H](O)[C@@H]1O.NC[C@@H]1O[C@H](O[C@H]2[C@@H](O)[C@H](O[C@@H]3[C@@H](O)[C@H](N)C[C@H](N)[C@H]3O[C@H]3O[C@H](CN)[C@@H](O)[C@H](O)[C@H]3N)O[C@@H]2CO)[C@H](N)[C@@H](O)[C@@H]1O.O=S(=O)(O)O.O=S(=O)(O)O. The Labute approximate surface area is 536 Å². The van der Waals surface area contributed by atoms with E-state index < -0.39 is 267 Å². The average molecular weight is 1430 g/mol. The molecule has 6 aliphatic heterocycles. The molecule has 0 aromatic rings. The van der Waals surface area contributed by atoms with E-state index in [1.54, 1.807) is 0 Å². The van der Waals surface area contributed by atoms with Crippen LogP contribution in [0, 0.1) is 0 Å². The number of nitrogens with two attached hydrogens (primary N) is 12. The Balaban J connectivity index is 0.000000297. The van der Waals surface area contributed by atoms with Gasteiger partial charge in [-0.25, -0.2) is 0 Å². The Morgan fingerprint density at radius 2 is 0.489 bits per heavy atom. The third-order valence-electron chi connectivity index (χ3n) is 16.7. The van der Waals surface area contributed by atoms with E-state index in [9.17, 15) is 71.5 Å². The van der Waals surface area contributed by atoms with E-state index in [-0.39, 0.29) is 39.0 Å². The van der Waals surface area contributed by atoms with Crippen LogP contribution in [0.15, 0.2) is 0 Å². The van der Waals surface area contributed by atoms with E-state index in [1.165, 1.54) is 0 Å². The molecule has 8 rings (SSSR count). The van der Waals surface area contributed by atoms with E-state index in [0.717, 1.165) is 0 Å². The summed E-state index contributed by atoms with van der Waals surface area (Å²) in [6.07, 6.45) is -39.6. The second-order valence-electron chi connectivity index (χ2n) is 23.4. The predicted molar refractivity (Wildman–Crippen MR) is 305 cm³/mol. The first-order chi connectivity index (χ1) is 43.7. The van der Waals surface area contributed by atoms with Crippen LogP contribution in [0.4, 0.5) is 0 Å². The minimum Gasteiger partial charge on any atom is -0.394 e. The van der Waals surface area contributed by atoms with Gasteiger partial charge in [0, 0.05) is 50.3 Å². The molecule has 94 heavy (non-hydrogen) atoms. The summed E-state index contributed by atoms with van der Waals surface area (Å²) in [6, 6.07) is -8.37. The molecule has 8 fully saturated rings. The van der Waals surface area contributed by atoms with Crippen molar-refractivity contribution in [3.05, 3.63) is 0 Å². The Morgan fingerprint density at radius 3 is 0.702 bits per heavy atom. The number of ether oxygens (including phenoxy) is 12. The molecule has 2 aliphatic carbocycles. The molecule has 2 saturated carbocycles. The van der Waals surface area contributed by atoms with Crippen LogP contribution in [-0.2, 0) is 77.6 Å². The molecule has 6 saturated heterocycles. The number of hydrogen-bond acceptors (Lipinski definition) is 42. The Hall–Kier alpha value is -1.78. The third kappa shape index (κ3) is 20.7. The van der Waals surface area contributed by atoms with E-state index in [4.69, 9.17) is 161 Å². The molecule has 556 valence electrons. The second kappa shape index (κ2) is 35.7. The summed E-state index contributed by atoms with van der Waals surface area (Å²) in [5.74, 6) is 0. The second-order valence-corrected chi connectivity index (χ2v) is 25.2. The summed E-state index contributed by atoms with van der Waals surface area (Å²) in [7, 11) is -9.33. The quantitative estimate of drug-likeness (QED) is 0.0567. The molecule has 0 unspecified atom stereocenters. The van der Waals surface area contributed by atoms with Gasteiger partial charge in [0.15, 0.2) is 37.7 Å². The van der Waals surface area contributed by atoms with Gasteiger partial charge >= 0.3 is 20.8 Å². The van der Waals surface area contributed by atoms with Crippen LogP contribution >= 0.6 is 0 Å². The fourth-order valence-electron chi connectivity index (χ4n) is 11.5. The van der Waals surface area contributed by atoms with Gasteiger partial charge in [-0.05, 0) is 12.8 Å². The molecular formula is C46H96N12O34S2. The van der Waals surface area contributed by atoms with Gasteiger partial charge in [-0.15, -0.1) is 0 Å². The van der Waals surface area contributed by atoms with E-state index in [2.05, 4.69) is 0 Å². The maximum atomic E-state index is 11.1. The highest BCUT2D eigenvalue weighted by Gasteiger charge is 2.57. The molecule has 0 spiro atoms. The summed E-state index contributed by atoms with van der Waals surface area (Å²) >= 11 is 0. The highest BCUT2D eigenvalue weighted by atomic mass is 32.3. The van der Waals surface area contributed by atoms with Crippen molar-refractivity contribution in [1.29, 1.82) is 0 Å². The molecule has 0 radical (unpaired) electrons. The zero-order chi connectivity index (χ0) is 71.1. The molecular weight excluding hydrogens is 1330 g/mol. The van der Waals surface area contributed by atoms with E-state index in [0.29, 0.717) is 0 Å². The Morgan fingerprint density at radius 1 is 0.287 bits per heavy atom. The van der Waals surface area contributed by atoms with Crippen molar-refractivity contribution < 1.29 is 163 Å². The monoisotopic (exact) mass is 1420 g/mol. The Bertz CT molecular complexity index is 2320. The minimum absolute atomic E-state index is 0.0889. The number of aliphatic hydroxyl groups is 14. The van der Waals surface area contributed by atoms with E-state index >= 15 is 0 Å². The maximum absolute atomic E-state index is 11.1. The number of hydrogen-bond donors (Lipinski definition) is 30. The first kappa shape index (κ1) is 82.9. The van der Waals surface area contributed by atoms with E-state index in [1.807, 2.05) is 0 Å². The Kier molecular flexibility index (Phi) is 31.5. The van der Waals surface area contributed by atoms with Gasteiger partial charge in [-0.2, -0.15) is 16.8 Å². The topological polar surface area (TPSA) is 855 Å². The van der Waals surface area contributed by atoms with Crippen LogP contribution in [0.1, 0.15) is 12.8 Å². The smallest absolute Gasteiger partial charge is 0.394 e. The van der Waals surface area contributed by atoms with Gasteiger partial charge in [-0.3, -0.25) is 18.2 Å². The van der Waals surface area contributed by atoms with Gasteiger partial charge in [0.1, 0.15) is 134 Å². The van der Waals surface area contributed by atoms with Crippen molar-refractivity contribution in [3.8, 4) is 0 Å². The standard InChI is InChI=1S/2C23H46N6O13.2H2O4S/c2*24-2-7-13(32)15(34)10(28)21(37-7)40-18-6(27)1-5(26)12(31)20(18)42-23-17(36)19(9(4-30)39-23)41-22-11(29)16(35)14(33)8(3-25)38-22;2*1-5(2,3)4/h2*5-23,30-36H,1-4,24-29H2;2*(H2,1,2,3,4)/t2*5-,6+,7-,8+,9-,10-,11-,12+,13-,14-,15-,16-,17-,18-,19-,20-,21-,22-,23+;;/m11../s1. The summed E-state index contributed by atoms with van der Waals surface area (Å²) in [4.78, 5) is 0. The summed E-state index contributed by atoms with van der Waals surface area (Å²) in [5, 5.41) is 146. The summed E-state index contributed by atoms with van der Waals surface area (Å²) < 4.78 is 132. The lowest BCUT2D eigenvalue weighted by molar-refractivity contribution is -0.307. The van der Waals surface area contributed by atoms with Crippen LogP contribution in [0.2, 0.25) is 0 Å². The number of aliphatic hydroxyl groups excluding tert-OH is 14. The lowest BCUT2D eigenvalue weighted by Crippen LogP contribution is -2.68. The highest BCUT2D eigenvalue weighted by molar-refractivity contribution is 7.80. The van der Waals surface area contributed by atoms with Crippen molar-refractivity contribution in [3.63, 3.8) is 0 Å². The molecule has 6 heterocycles. The van der Waals surface area contributed by atoms with Crippen molar-refractivity contribution in [2.45, 2.75) is 245 Å². The normalized spacial score (nSPS) is 49.3. The zero-order valence-corrected chi connectivity index (χ0v) is 51.6. The van der Waals surface area contributed by atoms with Gasteiger partial charge in [0.25, 0.3) is 0 Å². The van der Waals surface area contributed by atoms with Gasteiger partial charge in [0.2, 0.25) is 0 Å². The van der Waals surface area contributed by atoms with Crippen molar-refractivity contribution in [2.24, 2.45) is 68.8 Å². The highest BCUT2D eigenvalue weighted by Crippen LogP contribution is 2.37. The molecule has 38 atom stereocenters. The van der Waals surface area contributed by atoms with Gasteiger partial charge < -0.3 is 197 Å². The van der Waals surface area contributed by atoms with Crippen LogP contribution in [-0.4, -0.2) is 379 Å². The fourth-order valence-corrected chi connectivity index (χ4v) is 11.5. The lowest BCUT2D eigenvalue weighted by atomic mass is 9.84. The molecule has 46 nitrogen and oxygen atoms in total. The fraction of sp³-hybridized carbons (Fsp3) is 1.00. The minimum atomic E-state index is -4.67. The average Bonchev–Trinajstić information content (AvgIpc) is 1.37. The third-order valence-corrected chi connectivity index (χ3v) is 16.7. The van der Waals surface area contributed by atoms with Crippen molar-refractivity contribution >= 4 is 20.8 Å². The molecule has 48 heteroatoms. The predicted octanol–water partition coefficient (Wildman–Crippen LogP) is -19.1. The van der Waals surface area contributed by atoms with Crippen molar-refractivity contribution in [2.75, 3.05) is 39.4 Å². The lowest BCUT2D eigenvalue weighted by Gasteiger charge is -2.47. The van der Waals surface area contributed by atoms with Crippen LogP contribution in [0.25, 0.3) is 0 Å². The molecule has 8 aliphatic rings. The largest absolute Gasteiger partial charge is 0.394 e. The van der Waals surface area contributed by atoms with Crippen LogP contribution in [0.3, 0.4) is 0 Å². The first-order valence-corrected chi connectivity index (χ1v) is 32.0. The molecule has 0 aromatic carbocycles. The number of rotatable bonds is 18. The van der Waals surface area contributed by atoms with Crippen molar-refractivity contribution in [1.82, 2.24) is 0 Å². The molecule has 42 N–H and O–H groups in total. The zero-order valence-electron chi connectivity index (χ0n) is 49.9. The molecule has 0 amide bonds. The summed E-state index contributed by atoms with van der Waals surface area (Å²) in [6.45, 7) is -1.93. The van der Waals surface area contributed by atoms with Gasteiger partial charge in [-0.1, -0.05) is 0 Å².